The third kappa shape index (κ3) is 6.16. The van der Waals surface area contributed by atoms with Gasteiger partial charge in [0.15, 0.2) is 0 Å². The Hall–Kier alpha value is -2.14. The molecule has 0 spiro atoms. The smallest absolute Gasteiger partial charge is 0.270 e. The normalized spacial score (nSPS) is 10.7. The van der Waals surface area contributed by atoms with Crippen molar-refractivity contribution < 1.29 is 4.79 Å². The van der Waals surface area contributed by atoms with E-state index in [-0.39, 0.29) is 5.91 Å². The van der Waals surface area contributed by atoms with Crippen molar-refractivity contribution in [3.8, 4) is 0 Å². The highest BCUT2D eigenvalue weighted by atomic mass is 35.5. The van der Waals surface area contributed by atoms with E-state index < -0.39 is 0 Å². The van der Waals surface area contributed by atoms with E-state index >= 15 is 0 Å². The van der Waals surface area contributed by atoms with Crippen LogP contribution in [0.2, 0.25) is 5.02 Å². The first kappa shape index (κ1) is 18.2. The Bertz CT molecular complexity index is 676. The first-order chi connectivity index (χ1) is 11.5. The third-order valence-electron chi connectivity index (χ3n) is 3.52. The molecule has 1 aromatic heterocycles. The second kappa shape index (κ2) is 9.23. The molecule has 0 aliphatic carbocycles. The molecule has 0 saturated heterocycles. The van der Waals surface area contributed by atoms with E-state index in [4.69, 9.17) is 11.6 Å². The summed E-state index contributed by atoms with van der Waals surface area (Å²) in [5.41, 5.74) is 1.52. The minimum absolute atomic E-state index is 0.170. The minimum atomic E-state index is -0.170. The van der Waals surface area contributed by atoms with Crippen LogP contribution in [-0.2, 0) is 6.42 Å². The Morgan fingerprint density at radius 1 is 1.21 bits per heavy atom. The SMILES string of the molecule is CC(C)CCNC(=O)c1cc(NCCc2cccc(Cl)c2)ncn1. The standard InChI is InChI=1S/C18H23ClN4O/c1-13(2)6-8-21-18(24)16-11-17(23-12-22-16)20-9-7-14-4-3-5-15(19)10-14/h3-5,10-13H,6-9H2,1-2H3,(H,21,24)(H,20,22,23). The van der Waals surface area contributed by atoms with E-state index in [1.165, 1.54) is 6.33 Å². The summed E-state index contributed by atoms with van der Waals surface area (Å²) < 4.78 is 0. The molecule has 2 rings (SSSR count). The van der Waals surface area contributed by atoms with E-state index in [9.17, 15) is 4.79 Å². The molecule has 0 saturated carbocycles. The lowest BCUT2D eigenvalue weighted by atomic mass is 10.1. The fourth-order valence-electron chi connectivity index (χ4n) is 2.17. The topological polar surface area (TPSA) is 66.9 Å². The number of rotatable bonds is 8. The van der Waals surface area contributed by atoms with Crippen LogP contribution in [0.4, 0.5) is 5.82 Å². The monoisotopic (exact) mass is 346 g/mol. The summed E-state index contributed by atoms with van der Waals surface area (Å²) >= 11 is 5.97. The van der Waals surface area contributed by atoms with Gasteiger partial charge in [0.1, 0.15) is 17.8 Å². The Kier molecular flexibility index (Phi) is 7.00. The Balaban J connectivity index is 1.84. The number of halogens is 1. The van der Waals surface area contributed by atoms with Gasteiger partial charge in [0.25, 0.3) is 5.91 Å². The van der Waals surface area contributed by atoms with Crippen molar-refractivity contribution in [3.63, 3.8) is 0 Å². The maximum absolute atomic E-state index is 12.1. The van der Waals surface area contributed by atoms with Crippen LogP contribution in [0.5, 0.6) is 0 Å². The summed E-state index contributed by atoms with van der Waals surface area (Å²) in [4.78, 5) is 20.3. The number of aromatic nitrogens is 2. The Labute approximate surface area is 147 Å². The van der Waals surface area contributed by atoms with Crippen LogP contribution in [0.3, 0.4) is 0 Å². The number of carbonyl (C=O) groups excluding carboxylic acids is 1. The van der Waals surface area contributed by atoms with Crippen LogP contribution in [0, 0.1) is 5.92 Å². The van der Waals surface area contributed by atoms with Crippen LogP contribution in [0.15, 0.2) is 36.7 Å². The van der Waals surface area contributed by atoms with Crippen molar-refractivity contribution in [3.05, 3.63) is 52.9 Å². The van der Waals surface area contributed by atoms with Crippen molar-refractivity contribution in [1.82, 2.24) is 15.3 Å². The van der Waals surface area contributed by atoms with Crippen molar-refractivity contribution in [2.75, 3.05) is 18.4 Å². The molecule has 2 aromatic rings. The number of carbonyl (C=O) groups is 1. The van der Waals surface area contributed by atoms with E-state index in [1.807, 2.05) is 24.3 Å². The molecule has 1 heterocycles. The fourth-order valence-corrected chi connectivity index (χ4v) is 2.38. The second-order valence-corrected chi connectivity index (χ2v) is 6.47. The van der Waals surface area contributed by atoms with Crippen molar-refractivity contribution in [1.29, 1.82) is 0 Å². The molecule has 2 N–H and O–H groups in total. The molecule has 0 fully saturated rings. The largest absolute Gasteiger partial charge is 0.370 e. The molecule has 0 radical (unpaired) electrons. The molecule has 6 heteroatoms. The summed E-state index contributed by atoms with van der Waals surface area (Å²) in [5, 5.41) is 6.81. The number of nitrogens with zero attached hydrogens (tertiary/aromatic N) is 2. The van der Waals surface area contributed by atoms with Gasteiger partial charge in [-0.3, -0.25) is 4.79 Å². The molecular formula is C18H23ClN4O. The summed E-state index contributed by atoms with van der Waals surface area (Å²) in [6.07, 6.45) is 3.17. The zero-order valence-electron chi connectivity index (χ0n) is 14.1. The van der Waals surface area contributed by atoms with Gasteiger partial charge in [0, 0.05) is 24.2 Å². The molecule has 0 atom stereocenters. The molecule has 0 bridgehead atoms. The number of hydrogen-bond donors (Lipinski definition) is 2. The number of hydrogen-bond acceptors (Lipinski definition) is 4. The predicted octanol–water partition coefficient (Wildman–Crippen LogP) is 3.56. The quantitative estimate of drug-likeness (QED) is 0.767. The number of anilines is 1. The maximum atomic E-state index is 12.1. The highest BCUT2D eigenvalue weighted by Gasteiger charge is 2.08. The number of nitrogens with one attached hydrogen (secondary N) is 2. The minimum Gasteiger partial charge on any atom is -0.370 e. The van der Waals surface area contributed by atoms with Gasteiger partial charge in [-0.1, -0.05) is 37.6 Å². The summed E-state index contributed by atoms with van der Waals surface area (Å²) in [6, 6.07) is 9.43. The summed E-state index contributed by atoms with van der Waals surface area (Å²) in [7, 11) is 0. The van der Waals surface area contributed by atoms with Gasteiger partial charge < -0.3 is 10.6 Å². The van der Waals surface area contributed by atoms with Crippen LogP contribution < -0.4 is 10.6 Å². The van der Waals surface area contributed by atoms with E-state index in [1.54, 1.807) is 6.07 Å². The van der Waals surface area contributed by atoms with E-state index in [2.05, 4.69) is 34.4 Å². The molecular weight excluding hydrogens is 324 g/mol. The van der Waals surface area contributed by atoms with Crippen LogP contribution >= 0.6 is 11.6 Å². The number of benzene rings is 1. The van der Waals surface area contributed by atoms with E-state index in [0.717, 1.165) is 23.4 Å². The molecule has 5 nitrogen and oxygen atoms in total. The second-order valence-electron chi connectivity index (χ2n) is 6.03. The van der Waals surface area contributed by atoms with Gasteiger partial charge in [0.05, 0.1) is 0 Å². The van der Waals surface area contributed by atoms with Crippen LogP contribution in [0.25, 0.3) is 0 Å². The Morgan fingerprint density at radius 2 is 2.04 bits per heavy atom. The lowest BCUT2D eigenvalue weighted by molar-refractivity contribution is 0.0947. The third-order valence-corrected chi connectivity index (χ3v) is 3.75. The molecule has 1 aromatic carbocycles. The lowest BCUT2D eigenvalue weighted by Gasteiger charge is -2.09. The molecule has 1 amide bonds. The van der Waals surface area contributed by atoms with Gasteiger partial charge in [-0.25, -0.2) is 9.97 Å². The average Bonchev–Trinajstić information content (AvgIpc) is 2.55. The van der Waals surface area contributed by atoms with Crippen molar-refractivity contribution >= 4 is 23.3 Å². The summed E-state index contributed by atoms with van der Waals surface area (Å²) in [6.45, 7) is 5.60. The first-order valence-electron chi connectivity index (χ1n) is 8.13. The maximum Gasteiger partial charge on any atom is 0.270 e. The molecule has 0 aliphatic rings. The average molecular weight is 347 g/mol. The zero-order valence-corrected chi connectivity index (χ0v) is 14.8. The molecule has 24 heavy (non-hydrogen) atoms. The fraction of sp³-hybridized carbons (Fsp3) is 0.389. The lowest BCUT2D eigenvalue weighted by Crippen LogP contribution is -2.26. The van der Waals surface area contributed by atoms with Gasteiger partial charge >= 0.3 is 0 Å². The van der Waals surface area contributed by atoms with Gasteiger partial charge in [-0.05, 0) is 36.5 Å². The molecule has 0 unspecified atom stereocenters. The van der Waals surface area contributed by atoms with Gasteiger partial charge in [-0.15, -0.1) is 0 Å². The van der Waals surface area contributed by atoms with Crippen LogP contribution in [-0.4, -0.2) is 29.0 Å². The highest BCUT2D eigenvalue weighted by molar-refractivity contribution is 6.30. The predicted molar refractivity (Wildman–Crippen MR) is 97.5 cm³/mol. The zero-order chi connectivity index (χ0) is 17.4. The van der Waals surface area contributed by atoms with Gasteiger partial charge in [-0.2, -0.15) is 0 Å². The number of amides is 1. The highest BCUT2D eigenvalue weighted by Crippen LogP contribution is 2.11. The molecule has 128 valence electrons. The van der Waals surface area contributed by atoms with Crippen molar-refractivity contribution in [2.45, 2.75) is 26.7 Å². The van der Waals surface area contributed by atoms with E-state index in [0.29, 0.717) is 30.5 Å². The van der Waals surface area contributed by atoms with Crippen LogP contribution in [0.1, 0.15) is 36.3 Å². The van der Waals surface area contributed by atoms with Crippen molar-refractivity contribution in [2.24, 2.45) is 5.92 Å². The molecule has 0 aliphatic heterocycles. The summed E-state index contributed by atoms with van der Waals surface area (Å²) in [5.74, 6) is 1.02. The van der Waals surface area contributed by atoms with Gasteiger partial charge in [0.2, 0.25) is 0 Å². The Morgan fingerprint density at radius 3 is 2.79 bits per heavy atom. The first-order valence-corrected chi connectivity index (χ1v) is 8.51.